The summed E-state index contributed by atoms with van der Waals surface area (Å²) in [5.41, 5.74) is 8.53. The fourth-order valence-corrected chi connectivity index (χ4v) is 3.72. The van der Waals surface area contributed by atoms with Gasteiger partial charge in [0.1, 0.15) is 11.6 Å². The van der Waals surface area contributed by atoms with Crippen LogP contribution in [-0.4, -0.2) is 28.4 Å². The van der Waals surface area contributed by atoms with Crippen LogP contribution in [0.5, 0.6) is 0 Å². The van der Waals surface area contributed by atoms with Gasteiger partial charge in [-0.15, -0.1) is 0 Å². The van der Waals surface area contributed by atoms with E-state index >= 15 is 0 Å². The van der Waals surface area contributed by atoms with E-state index in [4.69, 9.17) is 5.73 Å². The van der Waals surface area contributed by atoms with Crippen molar-refractivity contribution in [3.63, 3.8) is 0 Å². The summed E-state index contributed by atoms with van der Waals surface area (Å²) in [6.07, 6.45) is 3.75. The van der Waals surface area contributed by atoms with Gasteiger partial charge in [-0.3, -0.25) is 9.78 Å². The molecule has 1 aromatic heterocycles. The zero-order valence-corrected chi connectivity index (χ0v) is 16.2. The molecule has 0 fully saturated rings. The van der Waals surface area contributed by atoms with Gasteiger partial charge in [-0.1, -0.05) is 42.5 Å². The molecule has 4 rings (SSSR count). The van der Waals surface area contributed by atoms with Crippen LogP contribution >= 0.6 is 0 Å². The number of hydrogen-bond acceptors (Lipinski definition) is 3. The van der Waals surface area contributed by atoms with Crippen molar-refractivity contribution in [2.45, 2.75) is 18.5 Å². The summed E-state index contributed by atoms with van der Waals surface area (Å²) in [6.45, 7) is 0.148. The highest BCUT2D eigenvalue weighted by Crippen LogP contribution is 2.36. The lowest BCUT2D eigenvalue weighted by Gasteiger charge is -2.28. The van der Waals surface area contributed by atoms with E-state index < -0.39 is 23.7 Å². The Bertz CT molecular complexity index is 1070. The molecule has 0 bridgehead atoms. The van der Waals surface area contributed by atoms with E-state index in [9.17, 15) is 13.6 Å². The number of amides is 1. The van der Waals surface area contributed by atoms with Crippen molar-refractivity contribution in [2.75, 3.05) is 6.54 Å². The predicted octanol–water partition coefficient (Wildman–Crippen LogP) is 3.90. The number of benzene rings is 2. The second-order valence-corrected chi connectivity index (χ2v) is 7.27. The first kappa shape index (κ1) is 19.9. The van der Waals surface area contributed by atoms with Gasteiger partial charge in [0.25, 0.3) is 0 Å². The molecule has 1 amide bonds. The van der Waals surface area contributed by atoms with Crippen LogP contribution in [0.3, 0.4) is 0 Å². The SMILES string of the molecule is N[C@@H](Cc1ccccn1)C(=O)N1CC(c2cc(F)ccc2F)=CC1c1ccccc1. The van der Waals surface area contributed by atoms with Gasteiger partial charge in [0.2, 0.25) is 5.91 Å². The van der Waals surface area contributed by atoms with Crippen LogP contribution in [0, 0.1) is 11.6 Å². The third-order valence-electron chi connectivity index (χ3n) is 5.21. The quantitative estimate of drug-likeness (QED) is 0.701. The second kappa shape index (κ2) is 8.55. The maximum absolute atomic E-state index is 14.4. The Morgan fingerprint density at radius 2 is 1.87 bits per heavy atom. The molecule has 0 radical (unpaired) electrons. The number of rotatable bonds is 5. The van der Waals surface area contributed by atoms with Crippen LogP contribution in [-0.2, 0) is 11.2 Å². The summed E-state index contributed by atoms with van der Waals surface area (Å²) in [5.74, 6) is -1.32. The highest BCUT2D eigenvalue weighted by Gasteiger charge is 2.34. The minimum absolute atomic E-state index is 0.148. The van der Waals surface area contributed by atoms with E-state index in [0.29, 0.717) is 12.0 Å². The first-order valence-electron chi connectivity index (χ1n) is 9.70. The number of nitrogens with zero attached hydrogens (tertiary/aromatic N) is 2. The van der Waals surface area contributed by atoms with Crippen LogP contribution in [0.15, 0.2) is 79.0 Å². The van der Waals surface area contributed by atoms with Crippen LogP contribution in [0.25, 0.3) is 5.57 Å². The lowest BCUT2D eigenvalue weighted by atomic mass is 10.0. The average molecular weight is 405 g/mol. The zero-order chi connectivity index (χ0) is 21.1. The number of nitrogens with two attached hydrogens (primary N) is 1. The molecular formula is C24H21F2N3O. The Labute approximate surface area is 173 Å². The molecule has 2 heterocycles. The van der Waals surface area contributed by atoms with Crippen LogP contribution in [0.2, 0.25) is 0 Å². The molecule has 2 atom stereocenters. The van der Waals surface area contributed by atoms with Crippen LogP contribution in [0.4, 0.5) is 8.78 Å². The lowest BCUT2D eigenvalue weighted by molar-refractivity contribution is -0.133. The number of pyridine rings is 1. The molecule has 152 valence electrons. The minimum Gasteiger partial charge on any atom is -0.326 e. The van der Waals surface area contributed by atoms with Gasteiger partial charge in [0, 0.05) is 30.4 Å². The number of carbonyl (C=O) groups is 1. The molecule has 4 nitrogen and oxygen atoms in total. The Morgan fingerprint density at radius 1 is 1.10 bits per heavy atom. The van der Waals surface area contributed by atoms with Gasteiger partial charge in [-0.25, -0.2) is 8.78 Å². The third kappa shape index (κ3) is 4.14. The number of hydrogen-bond donors (Lipinski definition) is 1. The smallest absolute Gasteiger partial charge is 0.240 e. The van der Waals surface area contributed by atoms with Crippen LogP contribution in [0.1, 0.15) is 22.9 Å². The summed E-state index contributed by atoms with van der Waals surface area (Å²) in [4.78, 5) is 19.1. The molecule has 2 N–H and O–H groups in total. The highest BCUT2D eigenvalue weighted by molar-refractivity contribution is 5.87. The minimum atomic E-state index is -0.795. The topological polar surface area (TPSA) is 59.2 Å². The highest BCUT2D eigenvalue weighted by atomic mass is 19.1. The molecular weight excluding hydrogens is 384 g/mol. The summed E-state index contributed by atoms with van der Waals surface area (Å²) < 4.78 is 28.1. The number of carbonyl (C=O) groups excluding carboxylic acids is 1. The Hall–Kier alpha value is -3.38. The van der Waals surface area contributed by atoms with Gasteiger partial charge >= 0.3 is 0 Å². The fourth-order valence-electron chi connectivity index (χ4n) is 3.72. The average Bonchev–Trinajstić information content (AvgIpc) is 3.21. The summed E-state index contributed by atoms with van der Waals surface area (Å²) in [6, 6.07) is 17.0. The molecule has 0 saturated heterocycles. The fraction of sp³-hybridized carbons (Fsp3) is 0.167. The van der Waals surface area contributed by atoms with E-state index in [0.717, 1.165) is 29.5 Å². The summed E-state index contributed by atoms with van der Waals surface area (Å²) in [7, 11) is 0. The molecule has 0 saturated carbocycles. The molecule has 30 heavy (non-hydrogen) atoms. The molecule has 2 aromatic carbocycles. The monoisotopic (exact) mass is 405 g/mol. The number of halogens is 2. The molecule has 0 spiro atoms. The van der Waals surface area contributed by atoms with Gasteiger partial charge in [-0.05, 0) is 41.5 Å². The zero-order valence-electron chi connectivity index (χ0n) is 16.2. The van der Waals surface area contributed by atoms with E-state index in [2.05, 4.69) is 4.98 Å². The van der Waals surface area contributed by atoms with Crippen molar-refractivity contribution in [1.29, 1.82) is 0 Å². The molecule has 1 aliphatic heterocycles. The van der Waals surface area contributed by atoms with Gasteiger partial charge < -0.3 is 10.6 Å². The maximum atomic E-state index is 14.4. The van der Waals surface area contributed by atoms with E-state index in [-0.39, 0.29) is 18.0 Å². The van der Waals surface area contributed by atoms with Crippen LogP contribution < -0.4 is 5.73 Å². The molecule has 0 aliphatic carbocycles. The van der Waals surface area contributed by atoms with Crippen molar-refractivity contribution in [2.24, 2.45) is 5.73 Å². The first-order valence-corrected chi connectivity index (χ1v) is 9.70. The normalized spacial score (nSPS) is 17.0. The third-order valence-corrected chi connectivity index (χ3v) is 5.21. The Morgan fingerprint density at radius 3 is 2.60 bits per heavy atom. The Balaban J connectivity index is 1.64. The summed E-state index contributed by atoms with van der Waals surface area (Å²) >= 11 is 0. The maximum Gasteiger partial charge on any atom is 0.240 e. The van der Waals surface area contributed by atoms with Crippen molar-refractivity contribution < 1.29 is 13.6 Å². The van der Waals surface area contributed by atoms with Gasteiger partial charge in [-0.2, -0.15) is 0 Å². The van der Waals surface area contributed by atoms with Crippen molar-refractivity contribution in [3.05, 3.63) is 107 Å². The largest absolute Gasteiger partial charge is 0.326 e. The summed E-state index contributed by atoms with van der Waals surface area (Å²) in [5, 5.41) is 0. The molecule has 1 aliphatic rings. The van der Waals surface area contributed by atoms with Crippen molar-refractivity contribution in [1.82, 2.24) is 9.88 Å². The van der Waals surface area contributed by atoms with E-state index in [1.807, 2.05) is 42.5 Å². The Kier molecular flexibility index (Phi) is 5.68. The van der Waals surface area contributed by atoms with E-state index in [1.54, 1.807) is 23.2 Å². The van der Waals surface area contributed by atoms with Gasteiger partial charge in [0.05, 0.1) is 12.1 Å². The number of aromatic nitrogens is 1. The standard InChI is InChI=1S/C24H21F2N3O/c25-18-9-10-21(26)20(13-18)17-12-23(16-6-2-1-3-7-16)29(15-17)24(30)22(27)14-19-8-4-5-11-28-19/h1-13,22-23H,14-15,27H2/t22-,23?/m0/s1. The van der Waals surface area contributed by atoms with Gasteiger partial charge in [0.15, 0.2) is 0 Å². The molecule has 6 heteroatoms. The van der Waals surface area contributed by atoms with Crippen molar-refractivity contribution in [3.8, 4) is 0 Å². The van der Waals surface area contributed by atoms with Crippen molar-refractivity contribution >= 4 is 11.5 Å². The lowest BCUT2D eigenvalue weighted by Crippen LogP contribution is -2.45. The molecule has 3 aromatic rings. The first-order chi connectivity index (χ1) is 14.5. The van der Waals surface area contributed by atoms with E-state index in [1.165, 1.54) is 0 Å². The second-order valence-electron chi connectivity index (χ2n) is 7.27. The molecule has 1 unspecified atom stereocenters. The predicted molar refractivity (Wildman–Crippen MR) is 111 cm³/mol.